The molecule has 2 rings (SSSR count). The number of nitro groups is 1. The molecule has 0 spiro atoms. The van der Waals surface area contributed by atoms with Gasteiger partial charge in [0.15, 0.2) is 5.60 Å². The van der Waals surface area contributed by atoms with Crippen LogP contribution in [0.2, 0.25) is 0 Å². The number of pyridine rings is 1. The summed E-state index contributed by atoms with van der Waals surface area (Å²) >= 11 is 1.86. The molecule has 122 valence electrons. The van der Waals surface area contributed by atoms with Crippen LogP contribution in [0, 0.1) is 19.5 Å². The van der Waals surface area contributed by atoms with Crippen LogP contribution >= 0.6 is 22.6 Å². The van der Waals surface area contributed by atoms with E-state index < -0.39 is 17.1 Å². The molecule has 0 aliphatic rings. The van der Waals surface area contributed by atoms with E-state index in [0.717, 1.165) is 0 Å². The average Bonchev–Trinajstić information content (AvgIpc) is 2.48. The third kappa shape index (κ3) is 3.94. The molecule has 0 aliphatic heterocycles. The maximum absolute atomic E-state index is 13.4. The summed E-state index contributed by atoms with van der Waals surface area (Å²) in [5.41, 5.74) is -0.611. The van der Waals surface area contributed by atoms with Gasteiger partial charge in [-0.15, -0.1) is 0 Å². The number of hydrogen-bond acceptors (Lipinski definition) is 5. The molecule has 1 aromatic heterocycles. The van der Waals surface area contributed by atoms with Crippen LogP contribution in [0.25, 0.3) is 11.3 Å². The third-order valence-electron chi connectivity index (χ3n) is 3.26. The van der Waals surface area contributed by atoms with E-state index in [1.165, 1.54) is 32.2 Å². The van der Waals surface area contributed by atoms with Gasteiger partial charge in [0.2, 0.25) is 6.54 Å². The number of aromatic nitrogens is 1. The van der Waals surface area contributed by atoms with Crippen molar-refractivity contribution >= 4 is 22.6 Å². The van der Waals surface area contributed by atoms with Crippen LogP contribution in [0.4, 0.5) is 4.39 Å². The first-order chi connectivity index (χ1) is 10.7. The van der Waals surface area contributed by atoms with Crippen LogP contribution in [-0.4, -0.2) is 28.7 Å². The molecule has 0 saturated carbocycles. The average molecular weight is 432 g/mol. The zero-order chi connectivity index (χ0) is 17.2. The van der Waals surface area contributed by atoms with Gasteiger partial charge in [0.05, 0.1) is 12.8 Å². The number of aliphatic hydroxyl groups is 1. The second kappa shape index (κ2) is 6.75. The van der Waals surface area contributed by atoms with Crippen LogP contribution in [0.5, 0.6) is 5.75 Å². The number of benzene rings is 1. The normalized spacial score (nSPS) is 13.4. The van der Waals surface area contributed by atoms with Crippen molar-refractivity contribution in [3.63, 3.8) is 0 Å². The molecule has 0 amide bonds. The van der Waals surface area contributed by atoms with E-state index in [4.69, 9.17) is 4.74 Å². The first kappa shape index (κ1) is 17.5. The molecule has 1 atom stereocenters. The molecule has 8 heteroatoms. The lowest BCUT2D eigenvalue weighted by molar-refractivity contribution is -0.501. The van der Waals surface area contributed by atoms with Crippen molar-refractivity contribution in [2.75, 3.05) is 13.7 Å². The minimum absolute atomic E-state index is 0.143. The molecule has 0 radical (unpaired) electrons. The number of hydrogen-bond donors (Lipinski definition) is 1. The Balaban J connectivity index is 2.55. The third-order valence-corrected chi connectivity index (χ3v) is 4.09. The summed E-state index contributed by atoms with van der Waals surface area (Å²) in [5.74, 6) is 0.0675. The number of ether oxygens (including phenoxy) is 1. The Bertz CT molecular complexity index is 752. The molecule has 1 unspecified atom stereocenters. The SMILES string of the molecule is COc1ccc(C(C)(O)C[N+](=O)[O-])nc1-c1ccc(F)c(I)c1. The maximum atomic E-state index is 13.4. The summed E-state index contributed by atoms with van der Waals surface area (Å²) in [4.78, 5) is 14.4. The lowest BCUT2D eigenvalue weighted by Crippen LogP contribution is -2.31. The zero-order valence-electron chi connectivity index (χ0n) is 12.4. The monoisotopic (exact) mass is 432 g/mol. The standard InChI is InChI=1S/C15H14FIN2O4/c1-15(20,8-19(21)22)13-6-5-12(23-2)14(18-13)9-3-4-10(16)11(17)7-9/h3-7,20H,8H2,1-2H3. The van der Waals surface area contributed by atoms with E-state index in [2.05, 4.69) is 4.98 Å². The van der Waals surface area contributed by atoms with Crippen molar-refractivity contribution in [1.82, 2.24) is 4.98 Å². The highest BCUT2D eigenvalue weighted by atomic mass is 127. The fourth-order valence-corrected chi connectivity index (χ4v) is 2.61. The van der Waals surface area contributed by atoms with Crippen molar-refractivity contribution in [2.45, 2.75) is 12.5 Å². The molecule has 1 aromatic carbocycles. The first-order valence-corrected chi connectivity index (χ1v) is 7.67. The Morgan fingerprint density at radius 2 is 2.13 bits per heavy atom. The largest absolute Gasteiger partial charge is 0.494 e. The van der Waals surface area contributed by atoms with Gasteiger partial charge >= 0.3 is 0 Å². The molecule has 2 aromatic rings. The molecule has 0 saturated heterocycles. The van der Waals surface area contributed by atoms with E-state index in [-0.39, 0.29) is 11.5 Å². The van der Waals surface area contributed by atoms with Crippen molar-refractivity contribution in [2.24, 2.45) is 0 Å². The molecule has 0 aliphatic carbocycles. The van der Waals surface area contributed by atoms with Gasteiger partial charge in [0.1, 0.15) is 17.3 Å². The predicted octanol–water partition coefficient (Wildman–Crippen LogP) is 2.99. The minimum Gasteiger partial charge on any atom is -0.494 e. The summed E-state index contributed by atoms with van der Waals surface area (Å²) in [6.45, 7) is 0.648. The van der Waals surface area contributed by atoms with Gasteiger partial charge in [-0.05, 0) is 59.8 Å². The van der Waals surface area contributed by atoms with Crippen molar-refractivity contribution in [1.29, 1.82) is 0 Å². The molecular formula is C15H14FIN2O4. The number of rotatable bonds is 5. The van der Waals surface area contributed by atoms with Gasteiger partial charge in [0, 0.05) is 14.1 Å². The Morgan fingerprint density at radius 3 is 2.70 bits per heavy atom. The summed E-state index contributed by atoms with van der Waals surface area (Å²) in [7, 11) is 1.46. The van der Waals surface area contributed by atoms with Gasteiger partial charge in [-0.2, -0.15) is 0 Å². The van der Waals surface area contributed by atoms with Crippen molar-refractivity contribution in [3.8, 4) is 17.0 Å². The smallest absolute Gasteiger partial charge is 0.237 e. The summed E-state index contributed by atoms with van der Waals surface area (Å²) in [6, 6.07) is 7.48. The summed E-state index contributed by atoms with van der Waals surface area (Å²) in [6.07, 6.45) is 0. The second-order valence-electron chi connectivity index (χ2n) is 5.14. The van der Waals surface area contributed by atoms with Crippen molar-refractivity contribution in [3.05, 3.63) is 55.5 Å². The van der Waals surface area contributed by atoms with Crippen molar-refractivity contribution < 1.29 is 19.2 Å². The maximum Gasteiger partial charge on any atom is 0.237 e. The van der Waals surface area contributed by atoms with Crippen LogP contribution in [0.1, 0.15) is 12.6 Å². The fourth-order valence-electron chi connectivity index (χ4n) is 2.09. The van der Waals surface area contributed by atoms with Gasteiger partial charge in [-0.3, -0.25) is 10.1 Å². The van der Waals surface area contributed by atoms with Gasteiger partial charge in [0.25, 0.3) is 0 Å². The second-order valence-corrected chi connectivity index (χ2v) is 6.30. The topological polar surface area (TPSA) is 85.5 Å². The predicted molar refractivity (Wildman–Crippen MR) is 90.3 cm³/mol. The van der Waals surface area contributed by atoms with E-state index >= 15 is 0 Å². The lowest BCUT2D eigenvalue weighted by atomic mass is 10.0. The van der Waals surface area contributed by atoms with E-state index in [1.54, 1.807) is 12.1 Å². The van der Waals surface area contributed by atoms with E-state index in [1.807, 2.05) is 22.6 Å². The Morgan fingerprint density at radius 1 is 1.43 bits per heavy atom. The van der Waals surface area contributed by atoms with Gasteiger partial charge in [-0.25, -0.2) is 9.37 Å². The highest BCUT2D eigenvalue weighted by Crippen LogP contribution is 2.32. The zero-order valence-corrected chi connectivity index (χ0v) is 14.6. The summed E-state index contributed by atoms with van der Waals surface area (Å²) < 4.78 is 19.1. The Labute approximate surface area is 145 Å². The number of methoxy groups -OCH3 is 1. The van der Waals surface area contributed by atoms with Gasteiger partial charge in [-0.1, -0.05) is 0 Å². The number of nitrogens with zero attached hydrogens (tertiary/aromatic N) is 2. The number of halogens is 2. The lowest BCUT2D eigenvalue weighted by Gasteiger charge is -2.19. The van der Waals surface area contributed by atoms with Crippen LogP contribution in [0.15, 0.2) is 30.3 Å². The minimum atomic E-state index is -1.72. The molecule has 1 N–H and O–H groups in total. The summed E-state index contributed by atoms with van der Waals surface area (Å²) in [5, 5.41) is 21.0. The van der Waals surface area contributed by atoms with Crippen LogP contribution in [0.3, 0.4) is 0 Å². The Kier molecular flexibility index (Phi) is 5.15. The molecule has 1 heterocycles. The quantitative estimate of drug-likeness (QED) is 0.446. The molecule has 23 heavy (non-hydrogen) atoms. The fraction of sp³-hybridized carbons (Fsp3) is 0.267. The molecule has 6 nitrogen and oxygen atoms in total. The van der Waals surface area contributed by atoms with Crippen LogP contribution in [-0.2, 0) is 5.60 Å². The van der Waals surface area contributed by atoms with E-state index in [9.17, 15) is 19.6 Å². The van der Waals surface area contributed by atoms with Gasteiger partial charge < -0.3 is 9.84 Å². The molecule has 0 fully saturated rings. The molecule has 0 bridgehead atoms. The Hall–Kier alpha value is -1.81. The molecular weight excluding hydrogens is 418 g/mol. The highest BCUT2D eigenvalue weighted by molar-refractivity contribution is 14.1. The first-order valence-electron chi connectivity index (χ1n) is 6.59. The van der Waals surface area contributed by atoms with E-state index in [0.29, 0.717) is 20.6 Å². The van der Waals surface area contributed by atoms with Crippen LogP contribution < -0.4 is 4.74 Å². The highest BCUT2D eigenvalue weighted by Gasteiger charge is 2.32.